The lowest BCUT2D eigenvalue weighted by Crippen LogP contribution is -2.30. The van der Waals surface area contributed by atoms with Crippen molar-refractivity contribution in [3.05, 3.63) is 18.7 Å². The number of hydrogen-bond donors (Lipinski definition) is 0. The molecule has 14 heavy (non-hydrogen) atoms. The van der Waals surface area contributed by atoms with Crippen molar-refractivity contribution in [3.63, 3.8) is 0 Å². The molecular weight excluding hydrogens is 204 g/mol. The summed E-state index contributed by atoms with van der Waals surface area (Å²) in [4.78, 5) is 0. The van der Waals surface area contributed by atoms with Crippen LogP contribution in [0.25, 0.3) is 0 Å². The number of nitrogens with zero attached hydrogens (tertiary/aromatic N) is 2. The summed E-state index contributed by atoms with van der Waals surface area (Å²) in [5.74, 6) is 0. The fraction of sp³-hybridized carbons (Fsp3) is 0.625. The van der Waals surface area contributed by atoms with Crippen molar-refractivity contribution in [1.82, 2.24) is 4.57 Å². The van der Waals surface area contributed by atoms with Crippen molar-refractivity contribution in [3.8, 4) is 0 Å². The maximum absolute atomic E-state index is 9.08. The largest absolute Gasteiger partial charge is 0.748 e. The lowest BCUT2D eigenvalue weighted by atomic mass is 10.5. The van der Waals surface area contributed by atoms with E-state index in [0.29, 0.717) is 6.26 Å². The maximum atomic E-state index is 9.08. The molecule has 0 bridgehead atoms. The summed E-state index contributed by atoms with van der Waals surface area (Å²) >= 11 is 0. The van der Waals surface area contributed by atoms with Crippen LogP contribution in [0.4, 0.5) is 0 Å². The zero-order chi connectivity index (χ0) is 11.2. The Hall–Kier alpha value is -0.880. The summed E-state index contributed by atoms with van der Waals surface area (Å²) in [5.41, 5.74) is 0. The van der Waals surface area contributed by atoms with Gasteiger partial charge in [-0.2, -0.15) is 0 Å². The Balaban J connectivity index is 0.000000292. The van der Waals surface area contributed by atoms with Gasteiger partial charge in [-0.3, -0.25) is 0 Å². The summed E-state index contributed by atoms with van der Waals surface area (Å²) < 4.78 is 31.5. The van der Waals surface area contributed by atoms with Crippen LogP contribution >= 0.6 is 0 Å². The van der Waals surface area contributed by atoms with Crippen LogP contribution in [-0.4, -0.2) is 23.8 Å². The third kappa shape index (κ3) is 9.21. The molecule has 1 heterocycles. The average Bonchev–Trinajstić information content (AvgIpc) is 2.32. The smallest absolute Gasteiger partial charge is 0.243 e. The van der Waals surface area contributed by atoms with Crippen molar-refractivity contribution < 1.29 is 17.5 Å². The summed E-state index contributed by atoms with van der Waals surface area (Å²) in [6.45, 7) is 3.31. The molecule has 1 aromatic rings. The molecule has 0 aliphatic rings. The van der Waals surface area contributed by atoms with Gasteiger partial charge in [0.05, 0.1) is 23.7 Å². The minimum absolute atomic E-state index is 0.604. The van der Waals surface area contributed by atoms with Crippen molar-refractivity contribution in [1.29, 1.82) is 0 Å². The molecule has 0 saturated carbocycles. The SMILES string of the molecule is CCC[n+]1ccn(C)c1.CS(=O)(=O)[O-]. The van der Waals surface area contributed by atoms with Gasteiger partial charge in [0.2, 0.25) is 6.33 Å². The highest BCUT2D eigenvalue weighted by Gasteiger charge is 1.94. The molecule has 0 atom stereocenters. The molecule has 6 heteroatoms. The van der Waals surface area contributed by atoms with Crippen LogP contribution in [-0.2, 0) is 23.7 Å². The number of aromatic nitrogens is 2. The molecule has 5 nitrogen and oxygen atoms in total. The first kappa shape index (κ1) is 13.1. The Bertz CT molecular complexity index is 348. The first-order valence-corrected chi connectivity index (χ1v) is 6.06. The zero-order valence-corrected chi connectivity index (χ0v) is 9.49. The van der Waals surface area contributed by atoms with Gasteiger partial charge in [0.25, 0.3) is 0 Å². The highest BCUT2D eigenvalue weighted by atomic mass is 32.2. The van der Waals surface area contributed by atoms with Crippen LogP contribution in [0, 0.1) is 0 Å². The minimum Gasteiger partial charge on any atom is -0.748 e. The Morgan fingerprint density at radius 3 is 2.29 bits per heavy atom. The van der Waals surface area contributed by atoms with Gasteiger partial charge in [-0.25, -0.2) is 17.6 Å². The minimum atomic E-state index is -3.92. The van der Waals surface area contributed by atoms with Gasteiger partial charge < -0.3 is 4.55 Å². The Morgan fingerprint density at radius 2 is 2.00 bits per heavy atom. The molecule has 1 rings (SSSR count). The van der Waals surface area contributed by atoms with Gasteiger partial charge in [0.15, 0.2) is 0 Å². The molecule has 0 spiro atoms. The van der Waals surface area contributed by atoms with E-state index in [1.54, 1.807) is 0 Å². The molecule has 0 aliphatic carbocycles. The third-order valence-electron chi connectivity index (χ3n) is 1.31. The fourth-order valence-corrected chi connectivity index (χ4v) is 0.892. The summed E-state index contributed by atoms with van der Waals surface area (Å²) in [5, 5.41) is 0. The van der Waals surface area contributed by atoms with E-state index in [0.717, 1.165) is 6.54 Å². The van der Waals surface area contributed by atoms with Gasteiger partial charge in [-0.1, -0.05) is 6.92 Å². The van der Waals surface area contributed by atoms with E-state index in [1.807, 2.05) is 7.05 Å². The number of rotatable bonds is 2. The van der Waals surface area contributed by atoms with E-state index in [9.17, 15) is 0 Å². The molecule has 0 unspecified atom stereocenters. The molecule has 0 saturated heterocycles. The summed E-state index contributed by atoms with van der Waals surface area (Å²) in [6, 6.07) is 0. The summed E-state index contributed by atoms with van der Waals surface area (Å²) in [7, 11) is -1.88. The normalized spacial score (nSPS) is 10.6. The predicted octanol–water partition coefficient (Wildman–Crippen LogP) is -0.116. The first-order chi connectivity index (χ1) is 6.33. The van der Waals surface area contributed by atoms with Crippen LogP contribution in [0.5, 0.6) is 0 Å². The van der Waals surface area contributed by atoms with E-state index >= 15 is 0 Å². The summed E-state index contributed by atoms with van der Waals surface area (Å²) in [6.07, 6.45) is 8.03. The lowest BCUT2D eigenvalue weighted by molar-refractivity contribution is -0.696. The van der Waals surface area contributed by atoms with Crippen molar-refractivity contribution in [2.75, 3.05) is 6.26 Å². The Morgan fingerprint density at radius 1 is 1.50 bits per heavy atom. The van der Waals surface area contributed by atoms with E-state index in [-0.39, 0.29) is 0 Å². The molecule has 0 aliphatic heterocycles. The standard InChI is InChI=1S/C7H13N2.CH4O3S/c1-3-4-9-6-5-8(2)7-9;1-5(2,3)4/h5-7H,3-4H2,1-2H3;1H3,(H,2,3,4)/q+1;/p-1. The van der Waals surface area contributed by atoms with E-state index in [4.69, 9.17) is 13.0 Å². The van der Waals surface area contributed by atoms with Crippen LogP contribution in [0.1, 0.15) is 13.3 Å². The second-order valence-electron chi connectivity index (χ2n) is 3.02. The first-order valence-electron chi connectivity index (χ1n) is 4.24. The predicted molar refractivity (Wildman–Crippen MR) is 51.5 cm³/mol. The second kappa shape index (κ2) is 5.77. The van der Waals surface area contributed by atoms with Crippen molar-refractivity contribution in [2.24, 2.45) is 7.05 Å². The topological polar surface area (TPSA) is 66.0 Å². The number of aryl methyl sites for hydroxylation is 2. The lowest BCUT2D eigenvalue weighted by Gasteiger charge is -1.90. The monoisotopic (exact) mass is 220 g/mol. The third-order valence-corrected chi connectivity index (χ3v) is 1.31. The number of imidazole rings is 1. The molecule has 0 N–H and O–H groups in total. The van der Waals surface area contributed by atoms with E-state index in [1.165, 1.54) is 6.42 Å². The van der Waals surface area contributed by atoms with Gasteiger partial charge in [-0.15, -0.1) is 0 Å². The fourth-order valence-electron chi connectivity index (χ4n) is 0.892. The van der Waals surface area contributed by atoms with Gasteiger partial charge in [-0.05, 0) is 6.42 Å². The zero-order valence-electron chi connectivity index (χ0n) is 8.67. The molecule has 0 aromatic carbocycles. The van der Waals surface area contributed by atoms with Crippen LogP contribution in [0.15, 0.2) is 18.7 Å². The Labute approximate surface area is 84.7 Å². The van der Waals surface area contributed by atoms with Crippen molar-refractivity contribution in [2.45, 2.75) is 19.9 Å². The molecule has 0 amide bonds. The molecule has 82 valence electrons. The van der Waals surface area contributed by atoms with Gasteiger partial charge in [0.1, 0.15) is 12.4 Å². The molecule has 0 fully saturated rings. The van der Waals surface area contributed by atoms with Crippen LogP contribution < -0.4 is 4.57 Å². The van der Waals surface area contributed by atoms with E-state index < -0.39 is 10.1 Å². The van der Waals surface area contributed by atoms with Gasteiger partial charge >= 0.3 is 0 Å². The van der Waals surface area contributed by atoms with Crippen LogP contribution in [0.3, 0.4) is 0 Å². The molecular formula is C8H16N2O3S. The quantitative estimate of drug-likeness (QED) is 0.515. The molecule has 0 radical (unpaired) electrons. The Kier molecular flexibility index (Phi) is 5.40. The van der Waals surface area contributed by atoms with Gasteiger partial charge in [0, 0.05) is 6.26 Å². The average molecular weight is 220 g/mol. The highest BCUT2D eigenvalue weighted by Crippen LogP contribution is 1.78. The second-order valence-corrected chi connectivity index (χ2v) is 4.43. The highest BCUT2D eigenvalue weighted by molar-refractivity contribution is 7.84. The van der Waals surface area contributed by atoms with Crippen molar-refractivity contribution >= 4 is 10.1 Å². The van der Waals surface area contributed by atoms with Crippen LogP contribution in [0.2, 0.25) is 0 Å². The van der Waals surface area contributed by atoms with E-state index in [2.05, 4.69) is 34.8 Å². The maximum Gasteiger partial charge on any atom is 0.243 e. The number of hydrogen-bond acceptors (Lipinski definition) is 3. The molecule has 1 aromatic heterocycles.